The van der Waals surface area contributed by atoms with Crippen molar-refractivity contribution in [2.45, 2.75) is 18.2 Å². The molecule has 0 atom stereocenters. The van der Waals surface area contributed by atoms with Crippen LogP contribution < -0.4 is 0 Å². The van der Waals surface area contributed by atoms with Crippen LogP contribution in [0.5, 0.6) is 0 Å². The zero-order valence-corrected chi connectivity index (χ0v) is 12.3. The maximum Gasteiger partial charge on any atom is 0.331 e. The van der Waals surface area contributed by atoms with Crippen LogP contribution in [-0.2, 0) is 28.6 Å². The lowest BCUT2D eigenvalue weighted by atomic mass is 10.2. The van der Waals surface area contributed by atoms with Gasteiger partial charge in [0, 0.05) is 6.61 Å². The minimum atomic E-state index is -3.73. The lowest BCUT2D eigenvalue weighted by Crippen LogP contribution is -2.13. The topological polar surface area (TPSA) is 78.9 Å². The molecular weight excluding hydrogens is 284 g/mol. The van der Waals surface area contributed by atoms with Gasteiger partial charge in [0.2, 0.25) is 0 Å². The number of rotatable bonds is 8. The molecule has 0 saturated heterocycles. The molecule has 1 rings (SSSR count). The Morgan fingerprint density at radius 3 is 2.40 bits per heavy atom. The highest BCUT2D eigenvalue weighted by Crippen LogP contribution is 2.13. The lowest BCUT2D eigenvalue weighted by Gasteiger charge is -2.06. The van der Waals surface area contributed by atoms with Crippen molar-refractivity contribution in [2.75, 3.05) is 26.9 Å². The molecule has 0 aliphatic rings. The van der Waals surface area contributed by atoms with E-state index in [1.165, 1.54) is 19.2 Å². The first-order valence-electron chi connectivity index (χ1n) is 6.06. The van der Waals surface area contributed by atoms with Crippen LogP contribution in [0.25, 0.3) is 0 Å². The van der Waals surface area contributed by atoms with Crippen molar-refractivity contribution in [3.05, 3.63) is 29.8 Å². The van der Waals surface area contributed by atoms with Crippen molar-refractivity contribution < 1.29 is 26.9 Å². The Bertz CT molecular complexity index is 520. The van der Waals surface area contributed by atoms with E-state index >= 15 is 0 Å². The summed E-state index contributed by atoms with van der Waals surface area (Å²) in [5.74, 6) is -0.474. The van der Waals surface area contributed by atoms with Gasteiger partial charge in [-0.1, -0.05) is 17.7 Å². The monoisotopic (exact) mass is 302 g/mol. The largest absolute Gasteiger partial charge is 0.467 e. The predicted molar refractivity (Wildman–Crippen MR) is 71.8 cm³/mol. The molecule has 0 amide bonds. The molecule has 6 nitrogen and oxygen atoms in total. The fraction of sp³-hybridized carbons (Fsp3) is 0.462. The number of carbonyl (C=O) groups is 1. The summed E-state index contributed by atoms with van der Waals surface area (Å²) in [6.07, 6.45) is 0.363. The molecule has 0 radical (unpaired) electrons. The predicted octanol–water partition coefficient (Wildman–Crippen LogP) is 1.28. The first kappa shape index (κ1) is 16.6. The highest BCUT2D eigenvalue weighted by atomic mass is 32.2. The fourth-order valence-corrected chi connectivity index (χ4v) is 2.26. The first-order chi connectivity index (χ1) is 9.45. The molecule has 0 aromatic heterocycles. The molecule has 0 saturated carbocycles. The van der Waals surface area contributed by atoms with E-state index in [2.05, 4.69) is 4.74 Å². The van der Waals surface area contributed by atoms with Crippen LogP contribution in [0.15, 0.2) is 29.2 Å². The SMILES string of the molecule is COC(=O)COCCCOS(=O)(=O)c1ccc(C)cc1. The summed E-state index contributed by atoms with van der Waals surface area (Å²) in [4.78, 5) is 10.9. The number of methoxy groups -OCH3 is 1. The Morgan fingerprint density at radius 1 is 1.15 bits per heavy atom. The molecule has 112 valence electrons. The van der Waals surface area contributed by atoms with E-state index in [4.69, 9.17) is 8.92 Å². The van der Waals surface area contributed by atoms with Gasteiger partial charge in [0.1, 0.15) is 6.61 Å². The maximum absolute atomic E-state index is 11.8. The summed E-state index contributed by atoms with van der Waals surface area (Å²) in [6, 6.07) is 6.41. The highest BCUT2D eigenvalue weighted by Gasteiger charge is 2.14. The van der Waals surface area contributed by atoms with E-state index in [1.54, 1.807) is 12.1 Å². The highest BCUT2D eigenvalue weighted by molar-refractivity contribution is 7.86. The maximum atomic E-state index is 11.8. The van der Waals surface area contributed by atoms with Gasteiger partial charge in [-0.25, -0.2) is 4.79 Å². The zero-order valence-electron chi connectivity index (χ0n) is 11.5. The Labute approximate surface area is 118 Å². The number of ether oxygens (including phenoxy) is 2. The normalized spacial score (nSPS) is 11.3. The summed E-state index contributed by atoms with van der Waals surface area (Å²) in [5, 5.41) is 0. The van der Waals surface area contributed by atoms with Crippen LogP contribution in [0.1, 0.15) is 12.0 Å². The van der Waals surface area contributed by atoms with Crippen molar-refractivity contribution in [3.8, 4) is 0 Å². The Morgan fingerprint density at radius 2 is 1.80 bits per heavy atom. The first-order valence-corrected chi connectivity index (χ1v) is 7.47. The third-order valence-electron chi connectivity index (χ3n) is 2.43. The molecular formula is C13H18O6S. The van der Waals surface area contributed by atoms with E-state index in [0.717, 1.165) is 5.56 Å². The number of benzene rings is 1. The van der Waals surface area contributed by atoms with Gasteiger partial charge < -0.3 is 9.47 Å². The fourth-order valence-electron chi connectivity index (χ4n) is 1.32. The van der Waals surface area contributed by atoms with Crippen molar-refractivity contribution in [2.24, 2.45) is 0 Å². The molecule has 0 aliphatic carbocycles. The van der Waals surface area contributed by atoms with E-state index in [9.17, 15) is 13.2 Å². The van der Waals surface area contributed by atoms with Crippen LogP contribution in [0.2, 0.25) is 0 Å². The minimum Gasteiger partial charge on any atom is -0.467 e. The van der Waals surface area contributed by atoms with Crippen LogP contribution in [0, 0.1) is 6.92 Å². The Balaban J connectivity index is 2.30. The molecule has 1 aromatic carbocycles. The van der Waals surface area contributed by atoms with Crippen molar-refractivity contribution in [1.82, 2.24) is 0 Å². The van der Waals surface area contributed by atoms with E-state index < -0.39 is 16.1 Å². The molecule has 0 N–H and O–H groups in total. The second kappa shape index (κ2) is 7.98. The minimum absolute atomic E-state index is 0.00260. The van der Waals surface area contributed by atoms with Gasteiger partial charge in [-0.15, -0.1) is 0 Å². The molecule has 0 aliphatic heterocycles. The van der Waals surface area contributed by atoms with Crippen LogP contribution in [0.3, 0.4) is 0 Å². The number of hydrogen-bond acceptors (Lipinski definition) is 6. The summed E-state index contributed by atoms with van der Waals surface area (Å²) >= 11 is 0. The number of carbonyl (C=O) groups excluding carboxylic acids is 1. The summed E-state index contributed by atoms with van der Waals surface area (Å²) < 4.78 is 37.8. The summed E-state index contributed by atoms with van der Waals surface area (Å²) in [5.41, 5.74) is 0.972. The van der Waals surface area contributed by atoms with Gasteiger partial charge in [-0.3, -0.25) is 4.18 Å². The number of hydrogen-bond donors (Lipinski definition) is 0. The third kappa shape index (κ3) is 5.68. The van der Waals surface area contributed by atoms with Crippen LogP contribution in [0.4, 0.5) is 0 Å². The molecule has 0 spiro atoms. The van der Waals surface area contributed by atoms with Crippen LogP contribution in [-0.4, -0.2) is 41.3 Å². The standard InChI is InChI=1S/C13H18O6S/c1-11-4-6-12(7-5-11)20(15,16)19-9-3-8-18-10-13(14)17-2/h4-7H,3,8-10H2,1-2H3. The lowest BCUT2D eigenvalue weighted by molar-refractivity contribution is -0.145. The van der Waals surface area contributed by atoms with E-state index in [0.29, 0.717) is 6.42 Å². The average molecular weight is 302 g/mol. The number of esters is 1. The van der Waals surface area contributed by atoms with Gasteiger partial charge >= 0.3 is 5.97 Å². The quantitative estimate of drug-likeness (QED) is 0.409. The number of aryl methyl sites for hydroxylation is 1. The van der Waals surface area contributed by atoms with E-state index in [-0.39, 0.29) is 24.7 Å². The molecule has 0 unspecified atom stereocenters. The van der Waals surface area contributed by atoms with Gasteiger partial charge in [0.25, 0.3) is 10.1 Å². The molecule has 1 aromatic rings. The second-order valence-corrected chi connectivity index (χ2v) is 5.69. The van der Waals surface area contributed by atoms with Gasteiger partial charge in [-0.2, -0.15) is 8.42 Å². The molecule has 7 heteroatoms. The Hall–Kier alpha value is -1.44. The summed E-state index contributed by atoms with van der Waals surface area (Å²) in [6.45, 7) is 1.94. The molecule has 0 fully saturated rings. The van der Waals surface area contributed by atoms with Crippen LogP contribution >= 0.6 is 0 Å². The second-order valence-electron chi connectivity index (χ2n) is 4.07. The van der Waals surface area contributed by atoms with Gasteiger partial charge in [-0.05, 0) is 25.5 Å². The Kier molecular flexibility index (Phi) is 6.63. The van der Waals surface area contributed by atoms with Gasteiger partial charge in [0.05, 0.1) is 18.6 Å². The average Bonchev–Trinajstić information content (AvgIpc) is 2.42. The van der Waals surface area contributed by atoms with Crippen molar-refractivity contribution in [3.63, 3.8) is 0 Å². The van der Waals surface area contributed by atoms with E-state index in [1.807, 2.05) is 6.92 Å². The molecule has 20 heavy (non-hydrogen) atoms. The van der Waals surface area contributed by atoms with Gasteiger partial charge in [0.15, 0.2) is 0 Å². The smallest absolute Gasteiger partial charge is 0.331 e. The molecule has 0 heterocycles. The molecule has 0 bridgehead atoms. The third-order valence-corrected chi connectivity index (χ3v) is 3.76. The summed E-state index contributed by atoms with van der Waals surface area (Å²) in [7, 11) is -2.47. The van der Waals surface area contributed by atoms with Crippen molar-refractivity contribution in [1.29, 1.82) is 0 Å². The van der Waals surface area contributed by atoms with Crippen molar-refractivity contribution >= 4 is 16.1 Å². The zero-order chi connectivity index (χ0) is 15.0.